The van der Waals surface area contributed by atoms with Crippen LogP contribution >= 0.6 is 0 Å². The van der Waals surface area contributed by atoms with Crippen molar-refractivity contribution in [2.45, 2.75) is 117 Å². The van der Waals surface area contributed by atoms with E-state index in [1.807, 2.05) is 0 Å². The van der Waals surface area contributed by atoms with Gasteiger partial charge in [0.2, 0.25) is 0 Å². The van der Waals surface area contributed by atoms with Crippen LogP contribution in [-0.2, 0) is 23.7 Å². The molecule has 16 atom stereocenters. The summed E-state index contributed by atoms with van der Waals surface area (Å²) in [6.45, 7) is -0.492. The van der Waals surface area contributed by atoms with E-state index in [0.717, 1.165) is 0 Å². The molecule has 4 aliphatic rings. The van der Waals surface area contributed by atoms with Crippen molar-refractivity contribution in [3.8, 4) is 0 Å². The lowest BCUT2D eigenvalue weighted by Gasteiger charge is -2.51. The minimum atomic E-state index is -1.51. The molecule has 210 valence electrons. The van der Waals surface area contributed by atoms with Gasteiger partial charge in [-0.15, -0.1) is 0 Å². The van der Waals surface area contributed by atoms with E-state index in [1.165, 1.54) is 0 Å². The molecule has 0 spiro atoms. The van der Waals surface area contributed by atoms with Crippen molar-refractivity contribution in [3.05, 3.63) is 0 Å². The maximum Gasteiger partial charge on any atom is 0.189 e. The smallest absolute Gasteiger partial charge is 0.189 e. The third-order valence-electron chi connectivity index (χ3n) is 7.57. The molecule has 14 N–H and O–H groups in total. The van der Waals surface area contributed by atoms with Crippen LogP contribution in [0.25, 0.3) is 0 Å². The van der Waals surface area contributed by atoms with Gasteiger partial charge in [0.25, 0.3) is 0 Å². The predicted octanol–water partition coefficient (Wildman–Crippen LogP) is -5.92. The molecule has 4 fully saturated rings. The van der Waals surface area contributed by atoms with Crippen molar-refractivity contribution in [1.82, 2.24) is 5.32 Å². The fraction of sp³-hybridized carbons (Fsp3) is 1.00. The van der Waals surface area contributed by atoms with E-state index < -0.39 is 98.5 Å². The van der Waals surface area contributed by atoms with Gasteiger partial charge in [-0.2, -0.15) is 0 Å². The Morgan fingerprint density at radius 1 is 0.806 bits per heavy atom. The summed E-state index contributed by atoms with van der Waals surface area (Å²) in [5.41, 5.74) is 24.2. The van der Waals surface area contributed by atoms with Crippen molar-refractivity contribution in [2.24, 2.45) is 22.9 Å². The van der Waals surface area contributed by atoms with Crippen LogP contribution in [0.3, 0.4) is 0 Å². The minimum absolute atomic E-state index is 0.223. The van der Waals surface area contributed by atoms with Crippen molar-refractivity contribution < 1.29 is 49.2 Å². The van der Waals surface area contributed by atoms with Crippen LogP contribution in [0.1, 0.15) is 19.3 Å². The Balaban J connectivity index is 1.43. The monoisotopic (exact) mass is 523 g/mol. The van der Waals surface area contributed by atoms with E-state index in [2.05, 4.69) is 5.32 Å². The summed E-state index contributed by atoms with van der Waals surface area (Å²) in [4.78, 5) is 0. The molecule has 0 aromatic rings. The van der Waals surface area contributed by atoms with Crippen LogP contribution in [0.4, 0.5) is 0 Å². The van der Waals surface area contributed by atoms with Gasteiger partial charge in [0.1, 0.15) is 36.6 Å². The highest BCUT2D eigenvalue weighted by Gasteiger charge is 2.53. The van der Waals surface area contributed by atoms with Gasteiger partial charge in [0, 0.05) is 12.1 Å². The number of hydrogen-bond donors (Lipinski definition) is 10. The number of aliphatic hydroxyl groups is 5. The Labute approximate surface area is 208 Å². The predicted molar refractivity (Wildman–Crippen MR) is 122 cm³/mol. The second kappa shape index (κ2) is 11.6. The maximum atomic E-state index is 11.1. The fourth-order valence-corrected chi connectivity index (χ4v) is 5.49. The summed E-state index contributed by atoms with van der Waals surface area (Å²) >= 11 is 0. The molecule has 3 aliphatic heterocycles. The van der Waals surface area contributed by atoms with Gasteiger partial charge in [0.05, 0.1) is 36.9 Å². The van der Waals surface area contributed by atoms with E-state index in [0.29, 0.717) is 12.8 Å². The first-order chi connectivity index (χ1) is 17.0. The lowest BCUT2D eigenvalue weighted by molar-refractivity contribution is -0.372. The first-order valence-electron chi connectivity index (χ1n) is 12.4. The van der Waals surface area contributed by atoms with Crippen LogP contribution in [-0.4, -0.2) is 137 Å². The molecule has 0 aromatic heterocycles. The molecule has 4 rings (SSSR count). The molecule has 12 unspecified atom stereocenters. The van der Waals surface area contributed by atoms with E-state index in [9.17, 15) is 25.5 Å². The van der Waals surface area contributed by atoms with Gasteiger partial charge in [-0.1, -0.05) is 0 Å². The first kappa shape index (κ1) is 28.4. The van der Waals surface area contributed by atoms with Crippen LogP contribution in [0.5, 0.6) is 0 Å². The highest BCUT2D eigenvalue weighted by molar-refractivity contribution is 5.00. The van der Waals surface area contributed by atoms with Crippen molar-refractivity contribution in [2.75, 3.05) is 13.7 Å². The minimum Gasteiger partial charge on any atom is -0.394 e. The van der Waals surface area contributed by atoms with Crippen LogP contribution in [0, 0.1) is 0 Å². The molecular weight excluding hydrogens is 482 g/mol. The summed E-state index contributed by atoms with van der Waals surface area (Å²) in [5.74, 6) is 0. The van der Waals surface area contributed by atoms with Crippen LogP contribution in [0.15, 0.2) is 0 Å². The van der Waals surface area contributed by atoms with E-state index in [1.54, 1.807) is 7.05 Å². The largest absolute Gasteiger partial charge is 0.394 e. The van der Waals surface area contributed by atoms with E-state index in [4.69, 9.17) is 46.6 Å². The fourth-order valence-electron chi connectivity index (χ4n) is 5.49. The van der Waals surface area contributed by atoms with Crippen molar-refractivity contribution >= 4 is 0 Å². The maximum absolute atomic E-state index is 11.1. The average molecular weight is 524 g/mol. The molecule has 1 saturated carbocycles. The van der Waals surface area contributed by atoms with Gasteiger partial charge in [-0.3, -0.25) is 0 Å². The molecule has 36 heavy (non-hydrogen) atoms. The second-order valence-corrected chi connectivity index (χ2v) is 10.2. The van der Waals surface area contributed by atoms with Crippen LogP contribution in [0.2, 0.25) is 0 Å². The molecule has 0 bridgehead atoms. The molecule has 15 nitrogen and oxygen atoms in total. The normalized spacial score (nSPS) is 54.2. The standard InChI is InChI=1S/C21H41N5O10/c1-26-13-15(30)18-10(32-20(13)36-21-16(31)14(29)12(25)11(5-27)33-21)4-8(24)19(35-18)34-17-7(23)2-6(22)3-9(17)28/h6-21,26-31H,2-5,22-25H2,1H3/t6-,7?,8+,9-,10+,11?,12?,13?,14?,15?,16?,17?,18?,19?,20?,21?/m1/s1. The number of nitrogens with two attached hydrogens (primary N) is 4. The highest BCUT2D eigenvalue weighted by atomic mass is 16.8. The van der Waals surface area contributed by atoms with Gasteiger partial charge >= 0.3 is 0 Å². The summed E-state index contributed by atoms with van der Waals surface area (Å²) in [7, 11) is 1.58. The number of ether oxygens (including phenoxy) is 5. The Hall–Kier alpha value is -0.600. The first-order valence-corrected chi connectivity index (χ1v) is 12.4. The molecular formula is C21H41N5O10. The third-order valence-corrected chi connectivity index (χ3v) is 7.57. The third kappa shape index (κ3) is 5.56. The Morgan fingerprint density at radius 3 is 2.17 bits per heavy atom. The Morgan fingerprint density at radius 2 is 1.53 bits per heavy atom. The molecule has 3 heterocycles. The number of rotatable bonds is 6. The second-order valence-electron chi connectivity index (χ2n) is 10.2. The zero-order chi connectivity index (χ0) is 26.3. The number of fused-ring (bicyclic) bond motifs is 1. The number of hydrogen-bond acceptors (Lipinski definition) is 15. The summed E-state index contributed by atoms with van der Waals surface area (Å²) in [6.07, 6.45) is -10.6. The molecule has 0 amide bonds. The lowest BCUT2D eigenvalue weighted by atomic mass is 9.86. The average Bonchev–Trinajstić information content (AvgIpc) is 2.82. The summed E-state index contributed by atoms with van der Waals surface area (Å²) in [5, 5.41) is 54.6. The van der Waals surface area contributed by atoms with Crippen LogP contribution < -0.4 is 28.3 Å². The van der Waals surface area contributed by atoms with Crippen molar-refractivity contribution in [3.63, 3.8) is 0 Å². The number of aliphatic hydroxyl groups excluding tert-OH is 5. The summed E-state index contributed by atoms with van der Waals surface area (Å²) in [6, 6.07) is -3.24. The Kier molecular flexibility index (Phi) is 9.19. The number of nitrogens with one attached hydrogen (secondary N) is 1. The molecule has 15 heteroatoms. The van der Waals surface area contributed by atoms with Crippen molar-refractivity contribution in [1.29, 1.82) is 0 Å². The van der Waals surface area contributed by atoms with Gasteiger partial charge in [0.15, 0.2) is 18.9 Å². The van der Waals surface area contributed by atoms with Gasteiger partial charge in [-0.05, 0) is 26.3 Å². The van der Waals surface area contributed by atoms with Gasteiger partial charge in [-0.25, -0.2) is 0 Å². The molecule has 1 aliphatic carbocycles. The molecule has 0 radical (unpaired) electrons. The highest BCUT2D eigenvalue weighted by Crippen LogP contribution is 2.35. The Bertz CT molecular complexity index is 713. The zero-order valence-electron chi connectivity index (χ0n) is 20.2. The summed E-state index contributed by atoms with van der Waals surface area (Å²) < 4.78 is 29.4. The number of likely N-dealkylation sites (N-methyl/N-ethyl adjacent to an activating group) is 1. The molecule has 0 aromatic carbocycles. The van der Waals surface area contributed by atoms with Gasteiger partial charge < -0.3 is 77.5 Å². The lowest BCUT2D eigenvalue weighted by Crippen LogP contribution is -2.70. The van der Waals surface area contributed by atoms with E-state index >= 15 is 0 Å². The SMILES string of the molecule is CNC1C(OC2OC(CO)C(N)C(O)C2O)O[C@H]2C[C@H](N)C(OC3C(N)C[C@@H](N)C[C@H]3O)OC2C1O. The van der Waals surface area contributed by atoms with E-state index in [-0.39, 0.29) is 12.5 Å². The zero-order valence-corrected chi connectivity index (χ0v) is 20.2. The molecule has 3 saturated heterocycles. The topological polar surface area (TPSA) is 263 Å². The quantitative estimate of drug-likeness (QED) is 0.155.